The summed E-state index contributed by atoms with van der Waals surface area (Å²) >= 11 is 1.86. The molecule has 0 radical (unpaired) electrons. The van der Waals surface area contributed by atoms with Crippen molar-refractivity contribution in [2.24, 2.45) is 0 Å². The number of para-hydroxylation sites is 7. The maximum atomic E-state index is 6.09. The summed E-state index contributed by atoms with van der Waals surface area (Å²) in [6, 6.07) is 122. The van der Waals surface area contributed by atoms with Crippen LogP contribution in [0.5, 0.6) is 0 Å². The van der Waals surface area contributed by atoms with Crippen molar-refractivity contribution in [3.8, 4) is 56.4 Å². The Morgan fingerprint density at radius 2 is 0.594 bits per heavy atom. The van der Waals surface area contributed by atoms with Crippen LogP contribution in [-0.2, 0) is 0 Å². The van der Waals surface area contributed by atoms with Crippen LogP contribution in [0, 0.1) is 0 Å². The molecule has 24 aromatic rings. The fourth-order valence-corrected chi connectivity index (χ4v) is 17.9. The number of nitrogens with zero attached hydrogens (tertiary/aromatic N) is 8. The number of benzene rings is 16. The lowest BCUT2D eigenvalue weighted by Gasteiger charge is -2.13. The largest absolute Gasteiger partial charge is 0.456 e. The second-order valence-corrected chi connectivity index (χ2v) is 28.7. The predicted octanol–water partition coefficient (Wildman–Crippen LogP) is 25.5. The lowest BCUT2D eigenvalue weighted by Crippen LogP contribution is -2.06. The highest BCUT2D eigenvalue weighted by molar-refractivity contribution is 7.25. The summed E-state index contributed by atoms with van der Waals surface area (Å²) in [5.41, 5.74) is 23.3. The Labute approximate surface area is 608 Å². The minimum atomic E-state index is 0.821. The van der Waals surface area contributed by atoms with E-state index in [0.717, 1.165) is 117 Å². The third-order valence-electron chi connectivity index (χ3n) is 21.8. The molecule has 16 aromatic carbocycles. The van der Waals surface area contributed by atoms with Crippen LogP contribution in [0.25, 0.3) is 219 Å². The quantitative estimate of drug-likeness (QED) is 0.166. The fraction of sp³-hybridized carbons (Fsp3) is 0. The zero-order chi connectivity index (χ0) is 69.2. The van der Waals surface area contributed by atoms with E-state index in [1.54, 1.807) is 0 Å². The second kappa shape index (κ2) is 22.7. The molecule has 0 aliphatic rings. The van der Waals surface area contributed by atoms with Crippen molar-refractivity contribution < 1.29 is 4.42 Å². The smallest absolute Gasteiger partial charge is 0.221 e. The maximum absolute atomic E-state index is 6.09. The SMILES string of the molecule is c1ccc2c(c1)ccc1c2c2cc(-c3ccc(-c4ccc5oc6ccccc6c5c4)cc3)ccc2n1-c1nc2ccccc2c2nc3ccccc3n12.c1ccc2c(c1)ccc1c2c2cc(-c3ccc(-c4ccc5sc6ccccc6c5c4)cc3)ccc2n1-c1nc2ccccc2c2nc3ccccc3n12. The monoisotopic (exact) mass is 1370 g/mol. The van der Waals surface area contributed by atoms with Gasteiger partial charge >= 0.3 is 0 Å². The molecular weight excluding hydrogens is 1310 g/mol. The summed E-state index contributed by atoms with van der Waals surface area (Å²) in [7, 11) is 0. The van der Waals surface area contributed by atoms with Gasteiger partial charge in [0, 0.05) is 63.3 Å². The first-order chi connectivity index (χ1) is 52.5. The van der Waals surface area contributed by atoms with Crippen LogP contribution in [0.1, 0.15) is 0 Å². The van der Waals surface area contributed by atoms with Gasteiger partial charge in [-0.1, -0.05) is 218 Å². The van der Waals surface area contributed by atoms with Gasteiger partial charge in [-0.15, -0.1) is 11.3 Å². The molecule has 106 heavy (non-hydrogen) atoms. The summed E-state index contributed by atoms with van der Waals surface area (Å²) < 4.78 is 17.9. The number of thiophene rings is 1. The Hall–Kier alpha value is -14.1. The van der Waals surface area contributed by atoms with Crippen LogP contribution in [-0.4, -0.2) is 37.9 Å². The Balaban J connectivity index is 0.000000129. The highest BCUT2D eigenvalue weighted by Gasteiger charge is 2.25. The van der Waals surface area contributed by atoms with Crippen molar-refractivity contribution in [3.63, 3.8) is 0 Å². The summed E-state index contributed by atoms with van der Waals surface area (Å²) in [5.74, 6) is 1.65. The van der Waals surface area contributed by atoms with E-state index in [1.807, 2.05) is 35.6 Å². The molecule has 0 saturated carbocycles. The second-order valence-electron chi connectivity index (χ2n) is 27.6. The predicted molar refractivity (Wildman–Crippen MR) is 442 cm³/mol. The molecule has 0 N–H and O–H groups in total. The van der Waals surface area contributed by atoms with E-state index in [0.29, 0.717) is 0 Å². The molecule has 0 aliphatic carbocycles. The van der Waals surface area contributed by atoms with Crippen LogP contribution in [0.4, 0.5) is 0 Å². The lowest BCUT2D eigenvalue weighted by atomic mass is 9.97. The number of rotatable bonds is 6. The van der Waals surface area contributed by atoms with Crippen molar-refractivity contribution in [2.75, 3.05) is 0 Å². The first-order valence-corrected chi connectivity index (χ1v) is 36.6. The Kier molecular flexibility index (Phi) is 12.6. The highest BCUT2D eigenvalue weighted by atomic mass is 32.1. The molecule has 8 aromatic heterocycles. The minimum Gasteiger partial charge on any atom is -0.456 e. The van der Waals surface area contributed by atoms with Gasteiger partial charge in [-0.3, -0.25) is 17.9 Å². The van der Waals surface area contributed by atoms with Crippen molar-refractivity contribution in [3.05, 3.63) is 340 Å². The zero-order valence-corrected chi connectivity index (χ0v) is 57.5. The Bertz CT molecular complexity index is 7380. The van der Waals surface area contributed by atoms with E-state index in [4.69, 9.17) is 24.4 Å². The molecule has 0 unspecified atom stereocenters. The number of imidazole rings is 2. The molecule has 0 saturated heterocycles. The first kappa shape index (κ1) is 58.6. The molecule has 492 valence electrons. The van der Waals surface area contributed by atoms with Gasteiger partial charge in [0.05, 0.1) is 55.2 Å². The van der Waals surface area contributed by atoms with Crippen LogP contribution >= 0.6 is 11.3 Å². The van der Waals surface area contributed by atoms with Gasteiger partial charge in [-0.25, -0.2) is 19.9 Å². The zero-order valence-electron chi connectivity index (χ0n) is 56.7. The molecule has 0 atom stereocenters. The summed E-state index contributed by atoms with van der Waals surface area (Å²) in [4.78, 5) is 21.0. The maximum Gasteiger partial charge on any atom is 0.221 e. The number of fused-ring (bicyclic) bond motifs is 26. The van der Waals surface area contributed by atoms with E-state index >= 15 is 0 Å². The third kappa shape index (κ3) is 8.82. The van der Waals surface area contributed by atoms with Gasteiger partial charge in [0.1, 0.15) is 22.5 Å². The van der Waals surface area contributed by atoms with Crippen molar-refractivity contribution >= 4 is 174 Å². The van der Waals surface area contributed by atoms with Crippen LogP contribution < -0.4 is 0 Å². The number of aromatic nitrogens is 8. The molecule has 0 spiro atoms. The van der Waals surface area contributed by atoms with Gasteiger partial charge in [0.2, 0.25) is 11.9 Å². The topological polar surface area (TPSA) is 83.4 Å². The highest BCUT2D eigenvalue weighted by Crippen LogP contribution is 2.44. The molecule has 0 aliphatic heterocycles. The summed E-state index contributed by atoms with van der Waals surface area (Å²) in [6.45, 7) is 0. The normalized spacial score (nSPS) is 12.2. The van der Waals surface area contributed by atoms with E-state index in [1.165, 1.54) is 102 Å². The average molecular weight is 1370 g/mol. The van der Waals surface area contributed by atoms with E-state index in [9.17, 15) is 0 Å². The molecule has 9 nitrogen and oxygen atoms in total. The number of hydrogen-bond donors (Lipinski definition) is 0. The van der Waals surface area contributed by atoms with Crippen LogP contribution in [0.2, 0.25) is 0 Å². The van der Waals surface area contributed by atoms with Gasteiger partial charge in [-0.2, -0.15) is 0 Å². The number of hydrogen-bond acceptors (Lipinski definition) is 6. The van der Waals surface area contributed by atoms with Crippen molar-refractivity contribution in [1.82, 2.24) is 37.9 Å². The van der Waals surface area contributed by atoms with E-state index in [2.05, 4.69) is 333 Å². The lowest BCUT2D eigenvalue weighted by molar-refractivity contribution is 0.669. The molecule has 0 fully saturated rings. The fourth-order valence-electron chi connectivity index (χ4n) is 16.8. The Morgan fingerprint density at radius 1 is 0.226 bits per heavy atom. The summed E-state index contributed by atoms with van der Waals surface area (Å²) in [6.07, 6.45) is 0. The van der Waals surface area contributed by atoms with Crippen LogP contribution in [0.3, 0.4) is 0 Å². The molecule has 10 heteroatoms. The Morgan fingerprint density at radius 3 is 1.12 bits per heavy atom. The molecule has 0 bridgehead atoms. The minimum absolute atomic E-state index is 0.821. The number of furan rings is 1. The first-order valence-electron chi connectivity index (χ1n) is 35.8. The van der Waals surface area contributed by atoms with Crippen LogP contribution in [0.15, 0.2) is 344 Å². The van der Waals surface area contributed by atoms with Gasteiger partial charge in [0.25, 0.3) is 0 Å². The van der Waals surface area contributed by atoms with Gasteiger partial charge in [-0.05, 0) is 187 Å². The molecule has 8 heterocycles. The average Bonchev–Trinajstić information content (AvgIpc) is 1.55. The molecule has 0 amide bonds. The van der Waals surface area contributed by atoms with E-state index < -0.39 is 0 Å². The van der Waals surface area contributed by atoms with Gasteiger partial charge in [0.15, 0.2) is 0 Å². The molecular formula is C96H56N8OS. The van der Waals surface area contributed by atoms with Crippen molar-refractivity contribution in [2.45, 2.75) is 0 Å². The summed E-state index contributed by atoms with van der Waals surface area (Å²) in [5, 5.41) is 16.7. The third-order valence-corrected chi connectivity index (χ3v) is 23.0. The van der Waals surface area contributed by atoms with Gasteiger partial charge < -0.3 is 4.42 Å². The van der Waals surface area contributed by atoms with Crippen molar-refractivity contribution in [1.29, 1.82) is 0 Å². The van der Waals surface area contributed by atoms with E-state index in [-0.39, 0.29) is 0 Å². The molecule has 24 rings (SSSR count). The standard InChI is InChI=1S/C48H28N4O.C48H28N4S/c2*1-2-10-34-31(9-1)21-25-43-46(34)38-28-32(29-17-19-30(20-18-29)33-23-26-45-37(27-33)35-11-4-8-16-44(35)53-45)22-24-41(38)51(43)48-50-39-13-5-3-12-36(39)47-49-40-14-6-7-15-42(40)52(47)48/h2*1-28H.